The Morgan fingerprint density at radius 3 is 2.60 bits per heavy atom. The third-order valence-corrected chi connectivity index (χ3v) is 6.46. The molecule has 3 aromatic rings. The molecule has 0 saturated carbocycles. The van der Waals surface area contributed by atoms with Gasteiger partial charge in [-0.3, -0.25) is 4.79 Å². The number of benzene rings is 2. The molecule has 2 unspecified atom stereocenters. The minimum absolute atomic E-state index is 0.00539. The van der Waals surface area contributed by atoms with Gasteiger partial charge in [0.25, 0.3) is 0 Å². The van der Waals surface area contributed by atoms with Crippen LogP contribution in [-0.4, -0.2) is 34.5 Å². The van der Waals surface area contributed by atoms with Crippen LogP contribution < -0.4 is 15.4 Å². The van der Waals surface area contributed by atoms with Crippen LogP contribution in [0.3, 0.4) is 0 Å². The molecular weight excluding hydrogens is 416 g/mol. The first-order chi connectivity index (χ1) is 14.6. The van der Waals surface area contributed by atoms with E-state index in [0.29, 0.717) is 18.3 Å². The smallest absolute Gasteiger partial charge is 0.233 e. The average Bonchev–Trinajstić information content (AvgIpc) is 3.20. The zero-order valence-corrected chi connectivity index (χ0v) is 18.9. The van der Waals surface area contributed by atoms with E-state index in [1.807, 2.05) is 56.3 Å². The highest BCUT2D eigenvalue weighted by atomic mass is 32.2. The monoisotopic (exact) mass is 442 g/mol. The van der Waals surface area contributed by atoms with Crippen LogP contribution in [-0.2, 0) is 4.79 Å². The van der Waals surface area contributed by atoms with E-state index in [0.717, 1.165) is 15.8 Å². The predicted octanol–water partition coefficient (Wildman–Crippen LogP) is 5.08. The van der Waals surface area contributed by atoms with Gasteiger partial charge < -0.3 is 15.4 Å². The molecule has 0 fully saturated rings. The lowest BCUT2D eigenvalue weighted by Gasteiger charge is -2.15. The number of hydrogen-bond acceptors (Lipinski definition) is 7. The minimum atomic E-state index is -0.260. The van der Waals surface area contributed by atoms with Crippen molar-refractivity contribution in [1.29, 1.82) is 0 Å². The standard InChI is InChI=1S/C22H26N4O2S2/c1-4-28-19-13-9-8-12-18(19)24-21-25-26-22(30-21)29-16(3)20(27)23-14-15(2)17-10-6-5-7-11-17/h5-13,15-16H,4,14H2,1-3H3,(H,23,27)(H,24,25). The van der Waals surface area contributed by atoms with Gasteiger partial charge in [0.2, 0.25) is 11.0 Å². The van der Waals surface area contributed by atoms with Crippen molar-refractivity contribution in [2.24, 2.45) is 0 Å². The summed E-state index contributed by atoms with van der Waals surface area (Å²) in [4.78, 5) is 12.5. The van der Waals surface area contributed by atoms with Crippen molar-refractivity contribution >= 4 is 39.8 Å². The Hall–Kier alpha value is -2.58. The van der Waals surface area contributed by atoms with E-state index in [9.17, 15) is 4.79 Å². The zero-order chi connectivity index (χ0) is 21.3. The summed E-state index contributed by atoms with van der Waals surface area (Å²) in [5.74, 6) is 1.02. The van der Waals surface area contributed by atoms with E-state index in [1.54, 1.807) is 0 Å². The molecule has 1 aromatic heterocycles. The molecule has 0 aliphatic heterocycles. The molecule has 2 aromatic carbocycles. The molecule has 158 valence electrons. The van der Waals surface area contributed by atoms with Crippen molar-refractivity contribution in [3.63, 3.8) is 0 Å². The van der Waals surface area contributed by atoms with Crippen LogP contribution in [0.4, 0.5) is 10.8 Å². The van der Waals surface area contributed by atoms with E-state index in [1.165, 1.54) is 28.7 Å². The number of carbonyl (C=O) groups is 1. The largest absolute Gasteiger partial charge is 0.492 e. The molecule has 1 amide bonds. The summed E-state index contributed by atoms with van der Waals surface area (Å²) < 4.78 is 6.37. The third-order valence-electron chi connectivity index (χ3n) is 4.43. The van der Waals surface area contributed by atoms with Crippen LogP contribution in [0.25, 0.3) is 0 Å². The van der Waals surface area contributed by atoms with Gasteiger partial charge >= 0.3 is 0 Å². The maximum absolute atomic E-state index is 12.5. The summed E-state index contributed by atoms with van der Waals surface area (Å²) in [6.45, 7) is 7.13. The lowest BCUT2D eigenvalue weighted by atomic mass is 10.0. The van der Waals surface area contributed by atoms with Crippen molar-refractivity contribution in [3.05, 3.63) is 60.2 Å². The van der Waals surface area contributed by atoms with Gasteiger partial charge in [0.05, 0.1) is 17.5 Å². The van der Waals surface area contributed by atoms with Crippen molar-refractivity contribution in [2.45, 2.75) is 36.3 Å². The zero-order valence-electron chi connectivity index (χ0n) is 17.3. The Labute approximate surface area is 185 Å². The number of thioether (sulfide) groups is 1. The highest BCUT2D eigenvalue weighted by Gasteiger charge is 2.18. The van der Waals surface area contributed by atoms with E-state index in [4.69, 9.17) is 4.74 Å². The first-order valence-electron chi connectivity index (χ1n) is 9.88. The first kappa shape index (κ1) is 22.1. The molecule has 2 atom stereocenters. The van der Waals surface area contributed by atoms with Crippen molar-refractivity contribution in [1.82, 2.24) is 15.5 Å². The second-order valence-electron chi connectivity index (χ2n) is 6.74. The Balaban J connectivity index is 1.52. The topological polar surface area (TPSA) is 76.1 Å². The van der Waals surface area contributed by atoms with Gasteiger partial charge in [0.1, 0.15) is 5.75 Å². The summed E-state index contributed by atoms with van der Waals surface area (Å²) in [6, 6.07) is 17.9. The molecule has 0 aliphatic rings. The van der Waals surface area contributed by atoms with Crippen LogP contribution in [0.2, 0.25) is 0 Å². The Morgan fingerprint density at radius 1 is 1.10 bits per heavy atom. The van der Waals surface area contributed by atoms with Gasteiger partial charge in [-0.1, -0.05) is 72.5 Å². The molecule has 30 heavy (non-hydrogen) atoms. The highest BCUT2D eigenvalue weighted by molar-refractivity contribution is 8.02. The molecule has 0 saturated heterocycles. The van der Waals surface area contributed by atoms with Crippen molar-refractivity contribution < 1.29 is 9.53 Å². The number of para-hydroxylation sites is 2. The molecule has 2 N–H and O–H groups in total. The van der Waals surface area contributed by atoms with Crippen LogP contribution in [0, 0.1) is 0 Å². The lowest BCUT2D eigenvalue weighted by Crippen LogP contribution is -2.33. The van der Waals surface area contributed by atoms with E-state index < -0.39 is 0 Å². The second kappa shape index (κ2) is 11.0. The Bertz CT molecular complexity index is 949. The van der Waals surface area contributed by atoms with Gasteiger partial charge in [-0.2, -0.15) is 0 Å². The van der Waals surface area contributed by atoms with Gasteiger partial charge in [-0.05, 0) is 37.5 Å². The SMILES string of the molecule is CCOc1ccccc1Nc1nnc(SC(C)C(=O)NCC(C)c2ccccc2)s1. The van der Waals surface area contributed by atoms with E-state index >= 15 is 0 Å². The predicted molar refractivity (Wildman–Crippen MR) is 124 cm³/mol. The molecule has 8 heteroatoms. The number of nitrogens with zero attached hydrogens (tertiary/aromatic N) is 2. The lowest BCUT2D eigenvalue weighted by molar-refractivity contribution is -0.120. The maximum atomic E-state index is 12.5. The average molecular weight is 443 g/mol. The van der Waals surface area contributed by atoms with E-state index in [2.05, 4.69) is 39.9 Å². The Morgan fingerprint density at radius 2 is 1.83 bits per heavy atom. The summed E-state index contributed by atoms with van der Waals surface area (Å²) in [5.41, 5.74) is 2.05. The normalized spacial score (nSPS) is 12.8. The number of ether oxygens (including phenoxy) is 1. The van der Waals surface area contributed by atoms with Gasteiger partial charge in [0.15, 0.2) is 4.34 Å². The number of carbonyl (C=O) groups excluding carboxylic acids is 1. The maximum Gasteiger partial charge on any atom is 0.233 e. The van der Waals surface area contributed by atoms with Crippen LogP contribution >= 0.6 is 23.1 Å². The molecule has 0 aliphatic carbocycles. The van der Waals surface area contributed by atoms with Gasteiger partial charge in [-0.25, -0.2) is 0 Å². The molecule has 0 bridgehead atoms. The number of nitrogens with one attached hydrogen (secondary N) is 2. The molecule has 0 spiro atoms. The molecule has 3 rings (SSSR count). The van der Waals surface area contributed by atoms with Crippen LogP contribution in [0.15, 0.2) is 58.9 Å². The number of hydrogen-bond donors (Lipinski definition) is 2. The van der Waals surface area contributed by atoms with Crippen molar-refractivity contribution in [2.75, 3.05) is 18.5 Å². The summed E-state index contributed by atoms with van der Waals surface area (Å²) in [5, 5.41) is 15.1. The third kappa shape index (κ3) is 6.21. The van der Waals surface area contributed by atoms with Crippen LogP contribution in [0.5, 0.6) is 5.75 Å². The van der Waals surface area contributed by atoms with Crippen molar-refractivity contribution in [3.8, 4) is 5.75 Å². The fraction of sp³-hybridized carbons (Fsp3) is 0.318. The van der Waals surface area contributed by atoms with Gasteiger partial charge in [-0.15, -0.1) is 10.2 Å². The Kier molecular flexibility index (Phi) is 8.10. The second-order valence-corrected chi connectivity index (χ2v) is 9.31. The van der Waals surface area contributed by atoms with E-state index in [-0.39, 0.29) is 17.1 Å². The highest BCUT2D eigenvalue weighted by Crippen LogP contribution is 2.33. The summed E-state index contributed by atoms with van der Waals surface area (Å²) >= 11 is 2.82. The summed E-state index contributed by atoms with van der Waals surface area (Å²) in [7, 11) is 0. The number of aromatic nitrogens is 2. The minimum Gasteiger partial charge on any atom is -0.492 e. The van der Waals surface area contributed by atoms with Gasteiger partial charge in [0, 0.05) is 6.54 Å². The quantitative estimate of drug-likeness (QED) is 0.427. The molecule has 6 nitrogen and oxygen atoms in total. The molecule has 1 heterocycles. The number of amides is 1. The summed E-state index contributed by atoms with van der Waals surface area (Å²) in [6.07, 6.45) is 0. The number of rotatable bonds is 10. The fourth-order valence-electron chi connectivity index (χ4n) is 2.78. The first-order valence-corrected chi connectivity index (χ1v) is 11.6. The fourth-order valence-corrected chi connectivity index (χ4v) is 4.71. The van der Waals surface area contributed by atoms with Crippen LogP contribution in [0.1, 0.15) is 32.3 Å². The molecule has 0 radical (unpaired) electrons. The molecular formula is C22H26N4O2S2. The number of anilines is 2.